The summed E-state index contributed by atoms with van der Waals surface area (Å²) >= 11 is 0. The number of morpholine rings is 1. The fraction of sp³-hybridized carbons (Fsp3) is 0.500. The summed E-state index contributed by atoms with van der Waals surface area (Å²) in [4.78, 5) is 111. The number of carbonyl (C=O) groups excluding carboxylic acids is 7. The van der Waals surface area contributed by atoms with Gasteiger partial charge in [-0.2, -0.15) is 0 Å². The van der Waals surface area contributed by atoms with Gasteiger partial charge in [0, 0.05) is 114 Å². The molecule has 5 heterocycles. The summed E-state index contributed by atoms with van der Waals surface area (Å²) in [7, 11) is 1.51. The van der Waals surface area contributed by atoms with Crippen LogP contribution in [0.4, 0.5) is 35.4 Å². The molecule has 22 heteroatoms. The minimum absolute atomic E-state index is 0.0128. The number of hydrogen-bond donors (Lipinski definition) is 3. The summed E-state index contributed by atoms with van der Waals surface area (Å²) in [6, 6.07) is 27.6. The Balaban J connectivity index is 0.821. The Labute approximate surface area is 562 Å². The van der Waals surface area contributed by atoms with Crippen molar-refractivity contribution in [3.05, 3.63) is 160 Å². The molecular weight excluding hydrogens is 1230 g/mol. The Morgan fingerprint density at radius 3 is 2.14 bits per heavy atom. The van der Waals surface area contributed by atoms with E-state index in [1.165, 1.54) is 36.2 Å². The lowest BCUT2D eigenvalue weighted by atomic mass is 9.83. The molecule has 5 aliphatic heterocycles. The Morgan fingerprint density at radius 2 is 1.44 bits per heavy atom. The van der Waals surface area contributed by atoms with Gasteiger partial charge in [0.15, 0.2) is 5.78 Å². The first-order valence-corrected chi connectivity index (χ1v) is 33.4. The molecule has 1 unspecified atom stereocenters. The van der Waals surface area contributed by atoms with E-state index in [4.69, 9.17) is 18.9 Å². The van der Waals surface area contributed by atoms with Crippen LogP contribution in [0.1, 0.15) is 132 Å². The number of piperazine rings is 1. The maximum atomic E-state index is 15.9. The second-order valence-corrected chi connectivity index (χ2v) is 28.7. The van der Waals surface area contributed by atoms with Crippen molar-refractivity contribution in [3.8, 4) is 0 Å². The smallest absolute Gasteiger partial charge is 0.410 e. The molecule has 20 nitrogen and oxygen atoms in total. The van der Waals surface area contributed by atoms with E-state index in [9.17, 15) is 33.2 Å². The van der Waals surface area contributed by atoms with Gasteiger partial charge in [0.1, 0.15) is 34.9 Å². The molecule has 0 bridgehead atoms. The van der Waals surface area contributed by atoms with Crippen molar-refractivity contribution in [1.82, 2.24) is 29.8 Å². The van der Waals surface area contributed by atoms with Crippen LogP contribution in [0.25, 0.3) is 0 Å². The first kappa shape index (κ1) is 70.6. The zero-order chi connectivity index (χ0) is 69.0. The molecule has 514 valence electrons. The number of Topliss-reactive ketones (excluding diaryl/α,β-unsaturated/α-hetero) is 1. The number of nitrogens with one attached hydrogen (secondary N) is 3. The van der Waals surface area contributed by atoms with Crippen LogP contribution in [0, 0.1) is 17.6 Å². The SMILES string of the molecule is C[C@@H]1COCCN1C[C@H]1CN(C(=O)OC(C)(C)C)[C@H](C)CN1CC(=O)N1CC(C)(C(=O)Nc2ccc(CC(=O)c3ccc(F)c(NC(=O)[C@@H]4c5ccccc5CN4C[C@@H](NC(=O)[C@H](C)N(C)C(=O)OC(C)(C)C)C4CCOCC4)c3)cc2)c2ccc(Cc3ccc(F)cc3)cc21. The Hall–Kier alpha value is -8.15. The van der Waals surface area contributed by atoms with Crippen LogP contribution in [0.3, 0.4) is 0 Å². The lowest BCUT2D eigenvalue weighted by Crippen LogP contribution is -2.64. The van der Waals surface area contributed by atoms with E-state index in [1.807, 2.05) is 82.0 Å². The van der Waals surface area contributed by atoms with Crippen molar-refractivity contribution in [3.63, 3.8) is 0 Å². The lowest BCUT2D eigenvalue weighted by molar-refractivity contribution is -0.127. The van der Waals surface area contributed by atoms with E-state index in [-0.39, 0.29) is 90.7 Å². The van der Waals surface area contributed by atoms with Gasteiger partial charge in [-0.1, -0.05) is 60.7 Å². The van der Waals surface area contributed by atoms with Gasteiger partial charge < -0.3 is 44.7 Å². The normalized spacial score (nSPS) is 21.7. The Morgan fingerprint density at radius 1 is 0.750 bits per heavy atom. The van der Waals surface area contributed by atoms with Crippen LogP contribution >= 0.6 is 0 Å². The van der Waals surface area contributed by atoms with Gasteiger partial charge in [-0.15, -0.1) is 0 Å². The summed E-state index contributed by atoms with van der Waals surface area (Å²) < 4.78 is 52.7. The number of fused-ring (bicyclic) bond motifs is 2. The number of carbonyl (C=O) groups is 7. The van der Waals surface area contributed by atoms with Crippen LogP contribution in [0.5, 0.6) is 0 Å². The summed E-state index contributed by atoms with van der Waals surface area (Å²) in [5, 5.41) is 9.09. The third kappa shape index (κ3) is 17.0. The molecule has 96 heavy (non-hydrogen) atoms. The van der Waals surface area contributed by atoms with Crippen LogP contribution in [0.15, 0.2) is 109 Å². The number of ether oxygens (including phenoxy) is 4. The van der Waals surface area contributed by atoms with E-state index in [1.54, 1.807) is 73.9 Å². The minimum atomic E-state index is -1.23. The number of rotatable bonds is 19. The summed E-state index contributed by atoms with van der Waals surface area (Å²) in [6.45, 7) is 23.1. The molecule has 0 aromatic heterocycles. The van der Waals surface area contributed by atoms with Gasteiger partial charge in [-0.3, -0.25) is 43.6 Å². The fourth-order valence-corrected chi connectivity index (χ4v) is 13.6. The highest BCUT2D eigenvalue weighted by atomic mass is 19.1. The van der Waals surface area contributed by atoms with Gasteiger partial charge in [0.05, 0.1) is 30.9 Å². The van der Waals surface area contributed by atoms with E-state index in [0.29, 0.717) is 101 Å². The number of anilines is 3. The number of halogens is 2. The van der Waals surface area contributed by atoms with Gasteiger partial charge in [-0.25, -0.2) is 18.4 Å². The number of nitrogens with zero attached hydrogens (tertiary/aromatic N) is 6. The molecule has 0 radical (unpaired) electrons. The monoisotopic (exact) mass is 1320 g/mol. The number of likely N-dealkylation sites (N-methyl/N-ethyl adjacent to an activating group) is 1. The lowest BCUT2D eigenvalue weighted by Gasteiger charge is -2.47. The third-order valence-electron chi connectivity index (χ3n) is 19.1. The standard InChI is InChI=1S/C74H93F2N9O11/c1-46-38-82(57(40-81-30-33-94-44-47(81)2)41-84(46)71(92)96-73(7,8)9)43-65(87)85-45-74(10,59-26-20-51(35-63(59)85)34-49-16-22-55(75)23-17-49)69(90)77-56-24-18-50(19-25-56)36-64(86)53-21-27-60(76)61(37-53)78-68(89)66-58-15-13-12-14-54(58)39-83(66)42-62(52-28-31-93-32-29-52)79-67(88)48(3)80(11)70(91)95-72(4,5)6/h12-27,35,37,46-48,52,57,62,66H,28-34,36,38-45H2,1-11H3,(H,77,90)(H,78,89)(H,79,88)/t46-,47-,48+,57+,62-,66+,74?/m1/s1. The molecule has 3 fully saturated rings. The molecule has 0 saturated carbocycles. The maximum Gasteiger partial charge on any atom is 0.410 e. The van der Waals surface area contributed by atoms with Gasteiger partial charge >= 0.3 is 12.2 Å². The summed E-state index contributed by atoms with van der Waals surface area (Å²) in [6.07, 6.45) is 0.634. The van der Waals surface area contributed by atoms with Crippen LogP contribution in [-0.2, 0) is 62.9 Å². The van der Waals surface area contributed by atoms with Crippen LogP contribution in [-0.4, -0.2) is 187 Å². The first-order chi connectivity index (χ1) is 45.5. The second-order valence-electron chi connectivity index (χ2n) is 28.7. The van der Waals surface area contributed by atoms with Crippen molar-refractivity contribution < 1.29 is 61.3 Å². The molecule has 10 rings (SSSR count). The maximum absolute atomic E-state index is 15.9. The van der Waals surface area contributed by atoms with Crippen molar-refractivity contribution in [2.24, 2.45) is 5.92 Å². The van der Waals surface area contributed by atoms with E-state index >= 15 is 9.18 Å². The zero-order valence-corrected chi connectivity index (χ0v) is 57.2. The summed E-state index contributed by atoms with van der Waals surface area (Å²) in [5.74, 6) is -2.94. The fourth-order valence-electron chi connectivity index (χ4n) is 13.6. The minimum Gasteiger partial charge on any atom is -0.444 e. The topological polar surface area (TPSA) is 212 Å². The highest BCUT2D eigenvalue weighted by Gasteiger charge is 2.48. The first-order valence-electron chi connectivity index (χ1n) is 33.4. The second kappa shape index (κ2) is 29.7. The molecule has 3 saturated heterocycles. The molecular formula is C74H93F2N9O11. The van der Waals surface area contributed by atoms with Crippen molar-refractivity contribution in [2.75, 3.05) is 94.8 Å². The molecule has 0 spiro atoms. The zero-order valence-electron chi connectivity index (χ0n) is 57.2. The van der Waals surface area contributed by atoms with Gasteiger partial charge in [-0.05, 0) is 176 Å². The quantitative estimate of drug-likeness (QED) is 0.0657. The molecule has 5 aromatic carbocycles. The Bertz CT molecular complexity index is 3670. The molecule has 7 atom stereocenters. The highest BCUT2D eigenvalue weighted by Crippen LogP contribution is 2.43. The third-order valence-corrected chi connectivity index (χ3v) is 19.1. The van der Waals surface area contributed by atoms with Gasteiger partial charge in [0.2, 0.25) is 23.6 Å². The summed E-state index contributed by atoms with van der Waals surface area (Å²) in [5.41, 5.74) is 2.94. The average Bonchev–Trinajstić information content (AvgIpc) is 1.59. The molecule has 3 N–H and O–H groups in total. The molecule has 6 amide bonds. The predicted molar refractivity (Wildman–Crippen MR) is 362 cm³/mol. The predicted octanol–water partition coefficient (Wildman–Crippen LogP) is 9.92. The van der Waals surface area contributed by atoms with E-state index < -0.39 is 58.7 Å². The molecule has 5 aliphatic rings. The highest BCUT2D eigenvalue weighted by molar-refractivity contribution is 6.07. The van der Waals surface area contributed by atoms with Crippen molar-refractivity contribution >= 4 is 58.7 Å². The van der Waals surface area contributed by atoms with E-state index in [2.05, 4.69) is 32.7 Å². The number of amides is 6. The van der Waals surface area contributed by atoms with Crippen molar-refractivity contribution in [1.29, 1.82) is 0 Å². The molecule has 0 aliphatic carbocycles. The number of hydrogen-bond acceptors (Lipinski definition) is 14. The Kier molecular flexibility index (Phi) is 21.8. The van der Waals surface area contributed by atoms with Crippen molar-refractivity contribution in [2.45, 2.75) is 154 Å². The van der Waals surface area contributed by atoms with Gasteiger partial charge in [0.25, 0.3) is 0 Å². The molecule has 5 aromatic rings. The van der Waals surface area contributed by atoms with E-state index in [0.717, 1.165) is 28.3 Å². The number of benzene rings is 5. The average molecular weight is 1320 g/mol. The van der Waals surface area contributed by atoms with Crippen LogP contribution in [0.2, 0.25) is 0 Å². The largest absolute Gasteiger partial charge is 0.444 e. The number of ketones is 1. The van der Waals surface area contributed by atoms with Crippen LogP contribution < -0.4 is 20.9 Å².